The van der Waals surface area contributed by atoms with E-state index in [2.05, 4.69) is 10.6 Å². The van der Waals surface area contributed by atoms with Gasteiger partial charge in [-0.3, -0.25) is 14.4 Å². The van der Waals surface area contributed by atoms with E-state index in [0.29, 0.717) is 23.7 Å². The Balaban J connectivity index is 1.49. The third-order valence-corrected chi connectivity index (χ3v) is 10.9. The SMILES string of the molecule is CC[C@H](C)[C@H](CO)N1C(=O)[C@@H]2[C@@H](C(=O)NCc3ccccc3)[C@H]3CCC2(S3)C1C(=O)Nc1ccccc1Cl. The highest BCUT2D eigenvalue weighted by Crippen LogP contribution is 2.66. The highest BCUT2D eigenvalue weighted by Gasteiger charge is 2.74. The lowest BCUT2D eigenvalue weighted by Crippen LogP contribution is -2.56. The normalized spacial score (nSPS) is 29.2. The summed E-state index contributed by atoms with van der Waals surface area (Å²) in [6, 6.07) is 15.3. The number of rotatable bonds is 9. The number of carbonyl (C=O) groups excluding carboxylic acids is 3. The first-order valence-corrected chi connectivity index (χ1v) is 14.6. The van der Waals surface area contributed by atoms with Crippen LogP contribution in [-0.4, -0.2) is 56.4 Å². The second kappa shape index (κ2) is 10.9. The van der Waals surface area contributed by atoms with Crippen LogP contribution in [0.25, 0.3) is 0 Å². The van der Waals surface area contributed by atoms with Crippen LogP contribution >= 0.6 is 23.4 Å². The largest absolute Gasteiger partial charge is 0.394 e. The first-order chi connectivity index (χ1) is 18.3. The summed E-state index contributed by atoms with van der Waals surface area (Å²) in [7, 11) is 0. The Bertz CT molecular complexity index is 1210. The van der Waals surface area contributed by atoms with Crippen LogP contribution in [0.2, 0.25) is 5.02 Å². The Morgan fingerprint density at radius 2 is 1.87 bits per heavy atom. The van der Waals surface area contributed by atoms with E-state index < -0.39 is 28.7 Å². The molecule has 3 aliphatic rings. The van der Waals surface area contributed by atoms with Crippen molar-refractivity contribution in [3.8, 4) is 0 Å². The molecule has 7 atom stereocenters. The molecule has 0 saturated carbocycles. The molecule has 2 aromatic rings. The van der Waals surface area contributed by atoms with E-state index in [0.717, 1.165) is 18.4 Å². The van der Waals surface area contributed by atoms with Gasteiger partial charge in [0.2, 0.25) is 17.7 Å². The Hall–Kier alpha value is -2.55. The number of hydrogen-bond donors (Lipinski definition) is 3. The number of nitrogens with zero attached hydrogens (tertiary/aromatic N) is 1. The average Bonchev–Trinajstić information content (AvgIpc) is 3.57. The van der Waals surface area contributed by atoms with Crippen molar-refractivity contribution in [3.63, 3.8) is 0 Å². The van der Waals surface area contributed by atoms with E-state index in [4.69, 9.17) is 11.6 Å². The Kier molecular flexibility index (Phi) is 7.76. The van der Waals surface area contributed by atoms with Crippen molar-refractivity contribution in [2.24, 2.45) is 17.8 Å². The molecule has 3 aliphatic heterocycles. The first kappa shape index (κ1) is 27.0. The smallest absolute Gasteiger partial charge is 0.248 e. The highest BCUT2D eigenvalue weighted by molar-refractivity contribution is 8.02. The van der Waals surface area contributed by atoms with Gasteiger partial charge in [0, 0.05) is 11.8 Å². The summed E-state index contributed by atoms with van der Waals surface area (Å²) in [4.78, 5) is 43.4. The number of aliphatic hydroxyl groups is 1. The topological polar surface area (TPSA) is 98.7 Å². The third-order valence-electron chi connectivity index (χ3n) is 8.58. The van der Waals surface area contributed by atoms with Crippen LogP contribution in [-0.2, 0) is 20.9 Å². The number of benzene rings is 2. The minimum absolute atomic E-state index is 0.0256. The van der Waals surface area contributed by atoms with Crippen LogP contribution in [0.1, 0.15) is 38.7 Å². The number of para-hydroxylation sites is 1. The molecule has 3 saturated heterocycles. The first-order valence-electron chi connectivity index (χ1n) is 13.3. The minimum Gasteiger partial charge on any atom is -0.394 e. The zero-order chi connectivity index (χ0) is 27.0. The molecule has 1 spiro atoms. The maximum Gasteiger partial charge on any atom is 0.248 e. The molecule has 0 aliphatic carbocycles. The molecule has 2 aromatic carbocycles. The maximum atomic E-state index is 14.2. The number of likely N-dealkylation sites (tertiary alicyclic amines) is 1. The number of nitrogens with one attached hydrogen (secondary N) is 2. The summed E-state index contributed by atoms with van der Waals surface area (Å²) in [5.41, 5.74) is 1.46. The zero-order valence-electron chi connectivity index (χ0n) is 21.6. The van der Waals surface area contributed by atoms with Crippen LogP contribution in [0.15, 0.2) is 54.6 Å². The van der Waals surface area contributed by atoms with Crippen LogP contribution in [0.5, 0.6) is 0 Å². The summed E-state index contributed by atoms with van der Waals surface area (Å²) >= 11 is 7.96. The fourth-order valence-corrected chi connectivity index (χ4v) is 8.92. The Morgan fingerprint density at radius 3 is 2.55 bits per heavy atom. The van der Waals surface area contributed by atoms with E-state index in [-0.39, 0.29) is 35.5 Å². The summed E-state index contributed by atoms with van der Waals surface area (Å²) in [5, 5.41) is 16.8. The number of carbonyl (C=O) groups is 3. The number of hydrogen-bond acceptors (Lipinski definition) is 5. The lowest BCUT2D eigenvalue weighted by Gasteiger charge is -2.39. The molecule has 7 nitrogen and oxygen atoms in total. The summed E-state index contributed by atoms with van der Waals surface area (Å²) in [6.45, 7) is 4.12. The lowest BCUT2D eigenvalue weighted by molar-refractivity contribution is -0.143. The molecule has 3 heterocycles. The van der Waals surface area contributed by atoms with E-state index in [1.54, 1.807) is 40.9 Å². The van der Waals surface area contributed by atoms with E-state index >= 15 is 0 Å². The van der Waals surface area contributed by atoms with Gasteiger partial charge in [0.1, 0.15) is 6.04 Å². The monoisotopic (exact) mass is 555 g/mol. The molecule has 5 rings (SSSR count). The fourth-order valence-electron chi connectivity index (χ4n) is 6.53. The average molecular weight is 556 g/mol. The molecule has 2 bridgehead atoms. The van der Waals surface area contributed by atoms with Gasteiger partial charge in [-0.2, -0.15) is 0 Å². The number of thioether (sulfide) groups is 1. The van der Waals surface area contributed by atoms with Crippen LogP contribution in [0, 0.1) is 17.8 Å². The van der Waals surface area contributed by atoms with Gasteiger partial charge in [0.25, 0.3) is 0 Å². The van der Waals surface area contributed by atoms with Gasteiger partial charge in [0.15, 0.2) is 0 Å². The molecule has 0 aromatic heterocycles. The molecule has 2 unspecified atom stereocenters. The van der Waals surface area contributed by atoms with Gasteiger partial charge in [0.05, 0.1) is 39.9 Å². The van der Waals surface area contributed by atoms with Crippen molar-refractivity contribution in [3.05, 3.63) is 65.2 Å². The van der Waals surface area contributed by atoms with Crippen molar-refractivity contribution in [2.45, 2.75) is 61.7 Å². The maximum absolute atomic E-state index is 14.2. The highest BCUT2D eigenvalue weighted by atomic mass is 35.5. The molecule has 38 heavy (non-hydrogen) atoms. The van der Waals surface area contributed by atoms with E-state index in [1.165, 1.54) is 0 Å². The quantitative estimate of drug-likeness (QED) is 0.433. The van der Waals surface area contributed by atoms with Gasteiger partial charge in [-0.05, 0) is 36.5 Å². The van der Waals surface area contributed by atoms with Crippen molar-refractivity contribution in [2.75, 3.05) is 11.9 Å². The lowest BCUT2D eigenvalue weighted by atomic mass is 9.70. The van der Waals surface area contributed by atoms with Crippen LogP contribution in [0.4, 0.5) is 5.69 Å². The van der Waals surface area contributed by atoms with Crippen molar-refractivity contribution >= 4 is 46.8 Å². The van der Waals surface area contributed by atoms with Crippen molar-refractivity contribution in [1.29, 1.82) is 0 Å². The third kappa shape index (κ3) is 4.50. The summed E-state index contributed by atoms with van der Waals surface area (Å²) in [6.07, 6.45) is 2.16. The molecular formula is C29H34ClN3O4S. The molecule has 9 heteroatoms. The Labute approximate surface area is 232 Å². The zero-order valence-corrected chi connectivity index (χ0v) is 23.2. The fraction of sp³-hybridized carbons (Fsp3) is 0.483. The van der Waals surface area contributed by atoms with Gasteiger partial charge >= 0.3 is 0 Å². The van der Waals surface area contributed by atoms with Gasteiger partial charge in [-0.25, -0.2) is 0 Å². The number of aliphatic hydroxyl groups excluding tert-OH is 1. The van der Waals surface area contributed by atoms with Crippen LogP contribution in [0.3, 0.4) is 0 Å². The number of anilines is 1. The molecule has 3 amide bonds. The van der Waals surface area contributed by atoms with E-state index in [9.17, 15) is 19.5 Å². The van der Waals surface area contributed by atoms with Crippen molar-refractivity contribution in [1.82, 2.24) is 10.2 Å². The van der Waals surface area contributed by atoms with Gasteiger partial charge < -0.3 is 20.6 Å². The van der Waals surface area contributed by atoms with Crippen LogP contribution < -0.4 is 10.6 Å². The molecular weight excluding hydrogens is 522 g/mol. The van der Waals surface area contributed by atoms with E-state index in [1.807, 2.05) is 44.2 Å². The predicted octanol–water partition coefficient (Wildman–Crippen LogP) is 4.09. The van der Waals surface area contributed by atoms with Gasteiger partial charge in [-0.15, -0.1) is 11.8 Å². The predicted molar refractivity (Wildman–Crippen MR) is 150 cm³/mol. The minimum atomic E-state index is -0.815. The standard InChI is InChI=1S/C29H34ClN3O4S/c1-3-17(2)21(16-34)33-25(27(36)32-20-12-8-7-11-19(20)30)29-14-13-22(38-29)23(24(29)28(33)37)26(35)31-15-18-9-5-4-6-10-18/h4-12,17,21-25,34H,3,13-16H2,1-2H3,(H,31,35)(H,32,36)/t17-,21-,22+,23-,24-,25?,29?/m0/s1. The second-order valence-corrected chi connectivity index (χ2v) is 12.6. The number of amides is 3. The van der Waals surface area contributed by atoms with Gasteiger partial charge in [-0.1, -0.05) is 74.3 Å². The summed E-state index contributed by atoms with van der Waals surface area (Å²) < 4.78 is -0.733. The number of fused-ring (bicyclic) bond motifs is 1. The second-order valence-electron chi connectivity index (χ2n) is 10.6. The molecule has 202 valence electrons. The number of halogens is 1. The Morgan fingerprint density at radius 1 is 1.16 bits per heavy atom. The molecule has 0 radical (unpaired) electrons. The summed E-state index contributed by atoms with van der Waals surface area (Å²) in [5.74, 6) is -1.86. The molecule has 3 N–H and O–H groups in total. The molecule has 3 fully saturated rings. The van der Waals surface area contributed by atoms with Crippen molar-refractivity contribution < 1.29 is 19.5 Å².